The maximum absolute atomic E-state index is 6.51. The summed E-state index contributed by atoms with van der Waals surface area (Å²) in [4.78, 5) is 0. The minimum Gasteiger partial charge on any atom is -0.497 e. The standard InChI is InChI=1S/C20H32O3Si/c1-15-12-18(23-24(6,7)20(2,3)4)13-19(15)22-14-16-8-10-17(21-5)11-9-16/h8-12,18-19H,13-14H2,1-7H3/t18-,19+/m1/s1. The summed E-state index contributed by atoms with van der Waals surface area (Å²) < 4.78 is 17.8. The Morgan fingerprint density at radius 3 is 2.29 bits per heavy atom. The fraction of sp³-hybridized carbons (Fsp3) is 0.600. The number of hydrogen-bond acceptors (Lipinski definition) is 3. The molecule has 0 radical (unpaired) electrons. The van der Waals surface area contributed by atoms with Crippen LogP contribution in [0.4, 0.5) is 0 Å². The Morgan fingerprint density at radius 1 is 1.12 bits per heavy atom. The van der Waals surface area contributed by atoms with Crippen LogP contribution in [-0.4, -0.2) is 27.6 Å². The van der Waals surface area contributed by atoms with Crippen molar-refractivity contribution >= 4 is 8.32 Å². The molecule has 2 rings (SSSR count). The van der Waals surface area contributed by atoms with Crippen molar-refractivity contribution in [2.45, 2.75) is 71.1 Å². The van der Waals surface area contributed by atoms with Gasteiger partial charge in [-0.1, -0.05) is 39.0 Å². The van der Waals surface area contributed by atoms with Gasteiger partial charge in [-0.15, -0.1) is 0 Å². The van der Waals surface area contributed by atoms with E-state index in [9.17, 15) is 0 Å². The van der Waals surface area contributed by atoms with Gasteiger partial charge in [0, 0.05) is 6.42 Å². The molecule has 1 aliphatic rings. The van der Waals surface area contributed by atoms with Gasteiger partial charge < -0.3 is 13.9 Å². The molecule has 1 aromatic rings. The van der Waals surface area contributed by atoms with E-state index in [2.05, 4.69) is 59.0 Å². The fourth-order valence-electron chi connectivity index (χ4n) is 2.62. The summed E-state index contributed by atoms with van der Waals surface area (Å²) in [5.41, 5.74) is 2.45. The smallest absolute Gasteiger partial charge is 0.192 e. The average molecular weight is 349 g/mol. The SMILES string of the molecule is COc1ccc(CO[C@H]2C[C@H](O[Si](C)(C)C(C)(C)C)C=C2C)cc1. The molecule has 4 heteroatoms. The highest BCUT2D eigenvalue weighted by Crippen LogP contribution is 2.39. The minimum atomic E-state index is -1.74. The zero-order valence-corrected chi connectivity index (χ0v) is 17.2. The molecule has 0 aliphatic heterocycles. The summed E-state index contributed by atoms with van der Waals surface area (Å²) in [5.74, 6) is 0.874. The van der Waals surface area contributed by atoms with E-state index in [0.29, 0.717) is 6.61 Å². The normalized spacial score (nSPS) is 21.7. The van der Waals surface area contributed by atoms with E-state index in [1.54, 1.807) is 7.11 Å². The third kappa shape index (κ3) is 4.71. The summed E-state index contributed by atoms with van der Waals surface area (Å²) in [7, 11) is -0.0593. The van der Waals surface area contributed by atoms with Crippen molar-refractivity contribution in [3.63, 3.8) is 0 Å². The summed E-state index contributed by atoms with van der Waals surface area (Å²) in [6.07, 6.45) is 3.52. The lowest BCUT2D eigenvalue weighted by atomic mass is 10.2. The molecule has 0 spiro atoms. The van der Waals surface area contributed by atoms with E-state index in [1.165, 1.54) is 5.57 Å². The predicted octanol–water partition coefficient (Wildman–Crippen LogP) is 5.32. The highest BCUT2D eigenvalue weighted by atomic mass is 28.4. The van der Waals surface area contributed by atoms with E-state index in [1.807, 2.05) is 12.1 Å². The zero-order valence-electron chi connectivity index (χ0n) is 16.2. The van der Waals surface area contributed by atoms with Crippen LogP contribution in [0.2, 0.25) is 18.1 Å². The first-order valence-electron chi connectivity index (χ1n) is 8.73. The molecule has 0 unspecified atom stereocenters. The molecule has 0 bridgehead atoms. The van der Waals surface area contributed by atoms with Gasteiger partial charge >= 0.3 is 0 Å². The van der Waals surface area contributed by atoms with E-state index in [4.69, 9.17) is 13.9 Å². The molecule has 2 atom stereocenters. The minimum absolute atomic E-state index is 0.155. The molecule has 1 aliphatic carbocycles. The van der Waals surface area contributed by atoms with Gasteiger partial charge in [-0.05, 0) is 48.3 Å². The molecule has 0 saturated carbocycles. The summed E-state index contributed by atoms with van der Waals surface area (Å²) in [6, 6.07) is 8.05. The molecule has 0 saturated heterocycles. The molecule has 24 heavy (non-hydrogen) atoms. The number of benzene rings is 1. The first kappa shape index (κ1) is 19.2. The van der Waals surface area contributed by atoms with E-state index >= 15 is 0 Å². The van der Waals surface area contributed by atoms with Crippen LogP contribution < -0.4 is 4.74 Å². The molecule has 0 heterocycles. The lowest BCUT2D eigenvalue weighted by molar-refractivity contribution is 0.0488. The molecular weight excluding hydrogens is 316 g/mol. The van der Waals surface area contributed by atoms with Crippen LogP contribution in [0, 0.1) is 0 Å². The van der Waals surface area contributed by atoms with Crippen molar-refractivity contribution in [2.75, 3.05) is 7.11 Å². The second kappa shape index (κ2) is 7.42. The van der Waals surface area contributed by atoms with Crippen molar-refractivity contribution in [3.8, 4) is 5.75 Å². The molecular formula is C20H32O3Si. The van der Waals surface area contributed by atoms with E-state index in [0.717, 1.165) is 17.7 Å². The van der Waals surface area contributed by atoms with Crippen LogP contribution in [0.25, 0.3) is 0 Å². The topological polar surface area (TPSA) is 27.7 Å². The van der Waals surface area contributed by atoms with Gasteiger partial charge in [-0.3, -0.25) is 0 Å². The average Bonchev–Trinajstić information content (AvgIpc) is 2.83. The molecule has 0 fully saturated rings. The second-order valence-electron chi connectivity index (χ2n) is 8.21. The van der Waals surface area contributed by atoms with Gasteiger partial charge in [0.2, 0.25) is 0 Å². The Kier molecular flexibility index (Phi) is 5.94. The maximum Gasteiger partial charge on any atom is 0.192 e. The van der Waals surface area contributed by atoms with Crippen LogP contribution in [0.5, 0.6) is 5.75 Å². The van der Waals surface area contributed by atoms with Crippen molar-refractivity contribution in [3.05, 3.63) is 41.5 Å². The third-order valence-electron chi connectivity index (χ3n) is 5.27. The predicted molar refractivity (Wildman–Crippen MR) is 102 cm³/mol. The highest BCUT2D eigenvalue weighted by molar-refractivity contribution is 6.74. The highest BCUT2D eigenvalue weighted by Gasteiger charge is 2.40. The van der Waals surface area contributed by atoms with Crippen LogP contribution in [-0.2, 0) is 15.8 Å². The number of methoxy groups -OCH3 is 1. The quantitative estimate of drug-likeness (QED) is 0.514. The fourth-order valence-corrected chi connectivity index (χ4v) is 3.90. The largest absolute Gasteiger partial charge is 0.497 e. The number of ether oxygens (including phenoxy) is 2. The summed E-state index contributed by atoms with van der Waals surface area (Å²) in [5, 5.41) is 0.233. The Bertz CT molecular complexity index is 570. The first-order chi connectivity index (χ1) is 11.1. The van der Waals surface area contributed by atoms with E-state index < -0.39 is 8.32 Å². The Labute approximate surface area is 148 Å². The number of hydrogen-bond donors (Lipinski definition) is 0. The Hall–Kier alpha value is -1.10. The van der Waals surface area contributed by atoms with Gasteiger partial charge in [-0.2, -0.15) is 0 Å². The number of rotatable bonds is 6. The van der Waals surface area contributed by atoms with Crippen molar-refractivity contribution < 1.29 is 13.9 Å². The molecule has 0 aromatic heterocycles. The van der Waals surface area contributed by atoms with Crippen LogP contribution in [0.3, 0.4) is 0 Å². The zero-order chi connectivity index (χ0) is 18.0. The molecule has 1 aromatic carbocycles. The summed E-state index contributed by atoms with van der Waals surface area (Å²) >= 11 is 0. The van der Waals surface area contributed by atoms with Crippen LogP contribution in [0.1, 0.15) is 39.7 Å². The second-order valence-corrected chi connectivity index (χ2v) is 13.0. The van der Waals surface area contributed by atoms with Crippen molar-refractivity contribution in [2.24, 2.45) is 0 Å². The maximum atomic E-state index is 6.51. The van der Waals surface area contributed by atoms with Crippen LogP contribution in [0.15, 0.2) is 35.9 Å². The molecule has 0 amide bonds. The Morgan fingerprint density at radius 2 is 1.75 bits per heavy atom. The summed E-state index contributed by atoms with van der Waals surface area (Å²) in [6.45, 7) is 14.2. The lowest BCUT2D eigenvalue weighted by Crippen LogP contribution is -2.43. The third-order valence-corrected chi connectivity index (χ3v) is 9.77. The van der Waals surface area contributed by atoms with Gasteiger partial charge in [0.15, 0.2) is 8.32 Å². The molecule has 134 valence electrons. The van der Waals surface area contributed by atoms with Crippen molar-refractivity contribution in [1.82, 2.24) is 0 Å². The Balaban J connectivity index is 1.89. The van der Waals surface area contributed by atoms with Gasteiger partial charge in [0.25, 0.3) is 0 Å². The monoisotopic (exact) mass is 348 g/mol. The molecule has 0 N–H and O–H groups in total. The van der Waals surface area contributed by atoms with Gasteiger partial charge in [-0.25, -0.2) is 0 Å². The molecule has 3 nitrogen and oxygen atoms in total. The van der Waals surface area contributed by atoms with E-state index in [-0.39, 0.29) is 17.2 Å². The van der Waals surface area contributed by atoms with Crippen LogP contribution >= 0.6 is 0 Å². The van der Waals surface area contributed by atoms with Gasteiger partial charge in [0.05, 0.1) is 25.9 Å². The first-order valence-corrected chi connectivity index (χ1v) is 11.6. The van der Waals surface area contributed by atoms with Gasteiger partial charge in [0.1, 0.15) is 5.75 Å². The van der Waals surface area contributed by atoms with Crippen molar-refractivity contribution in [1.29, 1.82) is 0 Å². The lowest BCUT2D eigenvalue weighted by Gasteiger charge is -2.38.